The minimum atomic E-state index is -0.474. The minimum Gasteiger partial charge on any atom is -0.356 e. The number of nitrogens with zero attached hydrogens (tertiary/aromatic N) is 1. The van der Waals surface area contributed by atoms with Gasteiger partial charge in [-0.2, -0.15) is 0 Å². The van der Waals surface area contributed by atoms with E-state index in [2.05, 4.69) is 427 Å². The van der Waals surface area contributed by atoms with Crippen molar-refractivity contribution in [2.45, 2.75) is 236 Å². The molecule has 16 rings (SSSR count). The molecule has 13 aromatic carbocycles. The first-order valence-electron chi connectivity index (χ1n) is 45.0. The zero-order valence-corrected chi connectivity index (χ0v) is 75.4. The van der Waals surface area contributed by atoms with Gasteiger partial charge in [0, 0.05) is 44.6 Å². The van der Waals surface area contributed by atoms with Crippen LogP contribution < -0.4 is 27.0 Å². The lowest BCUT2D eigenvalue weighted by Gasteiger charge is -2.38. The Morgan fingerprint density at radius 1 is 0.254 bits per heavy atom. The maximum Gasteiger partial charge on any atom is 0.252 e. The van der Waals surface area contributed by atoms with Crippen LogP contribution in [0.4, 0.5) is 22.7 Å². The van der Waals surface area contributed by atoms with Gasteiger partial charge in [0.25, 0.3) is 6.71 Å². The van der Waals surface area contributed by atoms with Gasteiger partial charge in [-0.1, -0.05) is 393 Å². The quantitative estimate of drug-likeness (QED) is 0.141. The maximum atomic E-state index is 10.2. The molecule has 2 N–H and O–H groups in total. The van der Waals surface area contributed by atoms with E-state index >= 15 is 0 Å². The van der Waals surface area contributed by atoms with Gasteiger partial charge in [0.15, 0.2) is 0 Å². The van der Waals surface area contributed by atoms with Crippen molar-refractivity contribution in [1.82, 2.24) is 4.57 Å². The Morgan fingerprint density at radius 2 is 0.551 bits per heavy atom. The number of hydrogen-bond donors (Lipinski definition) is 2. The van der Waals surface area contributed by atoms with Crippen LogP contribution in [0.25, 0.3) is 117 Å². The minimum absolute atomic E-state index is 0.0634. The van der Waals surface area contributed by atoms with Gasteiger partial charge in [-0.15, -0.1) is 0 Å². The van der Waals surface area contributed by atoms with E-state index in [1.807, 2.05) is 0 Å². The number of benzene rings is 13. The number of fused-ring (bicyclic) bond motifs is 7. The summed E-state index contributed by atoms with van der Waals surface area (Å²) in [6, 6.07) is 86.3. The summed E-state index contributed by atoms with van der Waals surface area (Å²) in [5, 5.41) is 10.2. The summed E-state index contributed by atoms with van der Waals surface area (Å²) in [7, 11) is 0. The van der Waals surface area contributed by atoms with E-state index in [1.54, 1.807) is 0 Å². The largest absolute Gasteiger partial charge is 0.356 e. The highest BCUT2D eigenvalue weighted by Gasteiger charge is 2.43. The average molecular weight is 1550 g/mol. The summed E-state index contributed by atoms with van der Waals surface area (Å²) < 4.78 is 41.2. The van der Waals surface area contributed by atoms with Gasteiger partial charge in [0.2, 0.25) is 0 Å². The Bertz CT molecular complexity index is 6080. The van der Waals surface area contributed by atoms with Crippen LogP contribution in [0.15, 0.2) is 249 Å². The van der Waals surface area contributed by atoms with E-state index in [1.165, 1.54) is 44.5 Å². The normalized spacial score (nSPS) is 14.0. The molecule has 1 aromatic heterocycles. The summed E-state index contributed by atoms with van der Waals surface area (Å²) >= 11 is 0. The molecule has 0 spiro atoms. The summed E-state index contributed by atoms with van der Waals surface area (Å²) in [5.41, 5.74) is 36.2. The molecule has 118 heavy (non-hydrogen) atoms. The number of anilines is 4. The summed E-state index contributed by atoms with van der Waals surface area (Å²) in [6.45, 7) is 62.1. The molecule has 3 heterocycles. The molecule has 0 aliphatic carbocycles. The number of nitrogens with one attached hydrogen (secondary N) is 2. The molecular weight excluding hydrogens is 1420 g/mol. The van der Waals surface area contributed by atoms with Gasteiger partial charge in [-0.05, 0) is 236 Å². The number of rotatable bonds is 9. The Morgan fingerprint density at radius 3 is 0.881 bits per heavy atom. The molecule has 14 aromatic rings. The van der Waals surface area contributed by atoms with Crippen molar-refractivity contribution in [3.05, 3.63) is 299 Å². The van der Waals surface area contributed by atoms with Crippen LogP contribution in [0.5, 0.6) is 0 Å². The van der Waals surface area contributed by atoms with Crippen LogP contribution >= 0.6 is 0 Å². The van der Waals surface area contributed by atoms with Crippen molar-refractivity contribution in [2.75, 3.05) is 10.6 Å². The number of hydrogen-bond acceptors (Lipinski definition) is 2. The second kappa shape index (κ2) is 28.5. The standard InChI is InChI=1S/C114H124BN3/c1-106(2,3)77-40-30-36-69(52-77)87-45-34-46-88(70-37-31-41-78(53-70)107(4,5)6)101(87)93-60-75(73-56-82(111(16,17)18)64-83(57-73)112(19,20)21)62-95-104(93)116-97-67-86(118-99-49-29-28-44-91(99)92-66-81(110(13,14)15)50-51-100(92)118)68-98-103(97)115(95)96-63-76(74-58-84(113(22,23)24)65-85(59-74)114(25,26)27)61-94(105(96)117-98)102-89(71-38-32-42-79(54-71)108(7,8)9)47-35-48-90(102)72-39-33-43-80(55-72)109(10,11)12/h28-68,116-117H,1-27H3/i28D,29D,44D,49D. The smallest absolute Gasteiger partial charge is 0.252 e. The van der Waals surface area contributed by atoms with Gasteiger partial charge < -0.3 is 15.2 Å². The first-order valence-corrected chi connectivity index (χ1v) is 43.0. The third-order valence-electron chi connectivity index (χ3n) is 25.3. The molecular formula is C114H124BN3. The Kier molecular flexibility index (Phi) is 18.4. The summed E-state index contributed by atoms with van der Waals surface area (Å²) in [5.74, 6) is 0. The Balaban J connectivity index is 1.15. The second-order valence-electron chi connectivity index (χ2n) is 43.5. The fourth-order valence-corrected chi connectivity index (χ4v) is 17.9. The molecule has 4 heteroatoms. The molecule has 0 bridgehead atoms. The zero-order chi connectivity index (χ0) is 87.9. The Hall–Kier alpha value is -10.7. The van der Waals surface area contributed by atoms with Gasteiger partial charge in [0.05, 0.1) is 22.2 Å². The predicted molar refractivity (Wildman–Crippen MR) is 517 cm³/mol. The molecule has 0 saturated heterocycles. The zero-order valence-electron chi connectivity index (χ0n) is 79.4. The third kappa shape index (κ3) is 15.1. The van der Waals surface area contributed by atoms with Crippen molar-refractivity contribution in [1.29, 1.82) is 0 Å². The SMILES string of the molecule is [2H]c1c([2H])c([2H])c2c(c1[2H])c1cc(C(C)(C)C)ccc1n2-c1cc2c3c(c1)Nc1c(cc(-c4cc(C(C)(C)C)cc(C(C)(C)C)c4)cc1-c1c(-c4cccc(C(C)(C)C)c4)cccc1-c1cccc(C(C)(C)C)c1)B3c1cc(-c3cc(C(C)(C)C)cc(C(C)(C)C)c3)cc(-c3c(-c4cccc(C(C)(C)C)c4)cccc3-c3cccc(C(C)(C)C)c3)c1N2. The van der Waals surface area contributed by atoms with Crippen molar-refractivity contribution in [2.24, 2.45) is 0 Å². The van der Waals surface area contributed by atoms with Crippen LogP contribution in [0, 0.1) is 0 Å². The van der Waals surface area contributed by atoms with Gasteiger partial charge in [0.1, 0.15) is 0 Å². The fraction of sp³-hybridized carbons (Fsp3) is 0.316. The van der Waals surface area contributed by atoms with E-state index in [0.717, 1.165) is 150 Å². The average Bonchev–Trinajstić information content (AvgIpc) is 0.927. The number of aromatic nitrogens is 1. The lowest BCUT2D eigenvalue weighted by atomic mass is 9.33. The van der Waals surface area contributed by atoms with Crippen molar-refractivity contribution in [3.8, 4) is 94.7 Å². The fourth-order valence-electron chi connectivity index (χ4n) is 17.9. The molecule has 2 aliphatic rings. The lowest BCUT2D eigenvalue weighted by molar-refractivity contribution is 0.568. The maximum absolute atomic E-state index is 10.2. The molecule has 3 nitrogen and oxygen atoms in total. The highest BCUT2D eigenvalue weighted by Crippen LogP contribution is 2.53. The molecule has 0 amide bonds. The van der Waals surface area contributed by atoms with Crippen molar-refractivity contribution < 1.29 is 5.48 Å². The van der Waals surface area contributed by atoms with E-state index < -0.39 is 6.71 Å². The third-order valence-corrected chi connectivity index (χ3v) is 25.3. The molecule has 0 saturated carbocycles. The van der Waals surface area contributed by atoms with E-state index in [-0.39, 0.29) is 72.9 Å². The number of para-hydroxylation sites is 1. The van der Waals surface area contributed by atoms with Crippen LogP contribution in [0.2, 0.25) is 0 Å². The Labute approximate surface area is 713 Å². The summed E-state index contributed by atoms with van der Waals surface area (Å²) in [4.78, 5) is 0. The predicted octanol–water partition coefficient (Wildman–Crippen LogP) is 30.4. The van der Waals surface area contributed by atoms with E-state index in [4.69, 9.17) is 0 Å². The first kappa shape index (κ1) is 76.0. The lowest BCUT2D eigenvalue weighted by Crippen LogP contribution is -2.59. The van der Waals surface area contributed by atoms with Crippen molar-refractivity contribution in [3.63, 3.8) is 0 Å². The molecule has 0 fully saturated rings. The molecule has 2 aliphatic heterocycles. The second-order valence-corrected chi connectivity index (χ2v) is 43.5. The van der Waals surface area contributed by atoms with Gasteiger partial charge >= 0.3 is 0 Å². The molecule has 0 radical (unpaired) electrons. The molecule has 0 unspecified atom stereocenters. The van der Waals surface area contributed by atoms with Crippen LogP contribution in [-0.2, 0) is 48.7 Å². The molecule has 0 atom stereocenters. The van der Waals surface area contributed by atoms with E-state index in [0.29, 0.717) is 10.9 Å². The summed E-state index contributed by atoms with van der Waals surface area (Å²) in [6.07, 6.45) is 0. The van der Waals surface area contributed by atoms with Crippen LogP contribution in [0.1, 0.15) is 242 Å². The van der Waals surface area contributed by atoms with Gasteiger partial charge in [-0.3, -0.25) is 0 Å². The first-order chi connectivity index (χ1) is 56.8. The van der Waals surface area contributed by atoms with Crippen LogP contribution in [0.3, 0.4) is 0 Å². The van der Waals surface area contributed by atoms with Gasteiger partial charge in [-0.25, -0.2) is 0 Å². The van der Waals surface area contributed by atoms with Crippen molar-refractivity contribution >= 4 is 67.7 Å². The molecule has 598 valence electrons. The van der Waals surface area contributed by atoms with E-state index in [9.17, 15) is 5.48 Å². The monoisotopic (exact) mass is 1550 g/mol. The topological polar surface area (TPSA) is 29.0 Å². The van der Waals surface area contributed by atoms with Crippen LogP contribution in [-0.4, -0.2) is 11.3 Å². The highest BCUT2D eigenvalue weighted by molar-refractivity contribution is 7.00. The highest BCUT2D eigenvalue weighted by atomic mass is 15.0.